The summed E-state index contributed by atoms with van der Waals surface area (Å²) < 4.78 is 18.6. The van der Waals surface area contributed by atoms with Crippen molar-refractivity contribution in [1.29, 1.82) is 0 Å². The monoisotopic (exact) mass is 378 g/mol. The molecule has 0 aliphatic carbocycles. The van der Waals surface area contributed by atoms with Crippen LogP contribution in [0.25, 0.3) is 0 Å². The van der Waals surface area contributed by atoms with E-state index in [0.717, 1.165) is 67.6 Å². The van der Waals surface area contributed by atoms with Gasteiger partial charge in [-0.2, -0.15) is 0 Å². The van der Waals surface area contributed by atoms with Crippen LogP contribution in [-0.2, 0) is 17.9 Å². The maximum atomic E-state index is 5.86. The Morgan fingerprint density at radius 3 is 2.77 bits per heavy atom. The molecule has 0 atom stereocenters. The molecule has 0 radical (unpaired) electrons. The fraction of sp³-hybridized carbons (Fsp3) is 0.556. The smallest absolute Gasteiger partial charge is 0.191 e. The van der Waals surface area contributed by atoms with Crippen molar-refractivity contribution in [3.05, 3.63) is 30.1 Å². The van der Waals surface area contributed by atoms with Crippen molar-refractivity contribution in [2.24, 2.45) is 0 Å². The molecule has 2 heterocycles. The molecule has 1 aliphatic heterocycles. The highest BCUT2D eigenvalue weighted by Gasteiger charge is 2.14. The van der Waals surface area contributed by atoms with E-state index in [1.807, 2.05) is 24.3 Å². The third kappa shape index (κ3) is 5.12. The molecule has 3 rings (SSSR count). The number of methoxy groups -OCH3 is 1. The average molecular weight is 378 g/mol. The third-order valence-corrected chi connectivity index (χ3v) is 5.21. The second-order valence-corrected chi connectivity index (χ2v) is 6.98. The van der Waals surface area contributed by atoms with Gasteiger partial charge in [-0.05, 0) is 19.1 Å². The van der Waals surface area contributed by atoms with E-state index in [1.165, 1.54) is 0 Å². The number of hydrogen-bond donors (Lipinski definition) is 0. The summed E-state index contributed by atoms with van der Waals surface area (Å²) in [5.74, 6) is 3.37. The van der Waals surface area contributed by atoms with E-state index in [4.69, 9.17) is 14.2 Å². The topological polar surface area (TPSA) is 61.6 Å². The molecule has 2 aromatic rings. The zero-order valence-corrected chi connectivity index (χ0v) is 16.2. The van der Waals surface area contributed by atoms with Crippen molar-refractivity contribution in [2.75, 3.05) is 45.7 Å². The maximum absolute atomic E-state index is 5.86. The van der Waals surface area contributed by atoms with Crippen molar-refractivity contribution in [1.82, 2.24) is 19.7 Å². The first kappa shape index (κ1) is 19.0. The molecule has 0 N–H and O–H groups in total. The van der Waals surface area contributed by atoms with Crippen LogP contribution >= 0.6 is 11.8 Å². The lowest BCUT2D eigenvalue weighted by atomic mass is 10.3. The number of benzene rings is 1. The van der Waals surface area contributed by atoms with Crippen LogP contribution in [0.3, 0.4) is 0 Å². The number of nitrogens with zero attached hydrogens (tertiary/aromatic N) is 4. The minimum atomic E-state index is 0.387. The second kappa shape index (κ2) is 9.80. The van der Waals surface area contributed by atoms with Crippen LogP contribution in [0.5, 0.6) is 11.5 Å². The molecular weight excluding hydrogens is 352 g/mol. The van der Waals surface area contributed by atoms with Crippen LogP contribution in [0.15, 0.2) is 29.4 Å². The molecule has 1 aromatic heterocycles. The summed E-state index contributed by atoms with van der Waals surface area (Å²) in [4.78, 5) is 2.43. The standard InChI is InChI=1S/C18H26N4O3S/c1-3-22-17(14-25-16-6-4-5-15(13-16)23-2)19-20-18(22)26-12-9-21-7-10-24-11-8-21/h4-6,13H,3,7-12,14H2,1-2H3. The van der Waals surface area contributed by atoms with Gasteiger partial charge in [0.05, 0.1) is 20.3 Å². The van der Waals surface area contributed by atoms with Crippen LogP contribution in [-0.4, -0.2) is 65.4 Å². The summed E-state index contributed by atoms with van der Waals surface area (Å²) in [5, 5.41) is 9.61. The molecule has 0 unspecified atom stereocenters. The lowest BCUT2D eigenvalue weighted by molar-refractivity contribution is 0.0410. The van der Waals surface area contributed by atoms with Crippen molar-refractivity contribution in [3.8, 4) is 11.5 Å². The fourth-order valence-electron chi connectivity index (χ4n) is 2.78. The van der Waals surface area contributed by atoms with Gasteiger partial charge in [0.2, 0.25) is 0 Å². The van der Waals surface area contributed by atoms with E-state index in [2.05, 4.69) is 26.6 Å². The van der Waals surface area contributed by atoms with Crippen molar-refractivity contribution >= 4 is 11.8 Å². The Balaban J connectivity index is 1.53. The van der Waals surface area contributed by atoms with E-state index in [1.54, 1.807) is 18.9 Å². The molecule has 0 amide bonds. The molecule has 142 valence electrons. The van der Waals surface area contributed by atoms with Gasteiger partial charge in [-0.15, -0.1) is 10.2 Å². The minimum Gasteiger partial charge on any atom is -0.497 e. The van der Waals surface area contributed by atoms with Gasteiger partial charge in [-0.1, -0.05) is 17.8 Å². The Bertz CT molecular complexity index is 689. The van der Waals surface area contributed by atoms with E-state index in [-0.39, 0.29) is 0 Å². The van der Waals surface area contributed by atoms with E-state index >= 15 is 0 Å². The summed E-state index contributed by atoms with van der Waals surface area (Å²) in [6, 6.07) is 7.58. The number of ether oxygens (including phenoxy) is 3. The molecule has 7 nitrogen and oxygen atoms in total. The van der Waals surface area contributed by atoms with Gasteiger partial charge in [0.25, 0.3) is 0 Å². The molecule has 1 saturated heterocycles. The number of morpholine rings is 1. The summed E-state index contributed by atoms with van der Waals surface area (Å²) in [7, 11) is 1.65. The van der Waals surface area contributed by atoms with E-state index < -0.39 is 0 Å². The first-order valence-corrected chi connectivity index (χ1v) is 9.90. The molecule has 1 fully saturated rings. The largest absolute Gasteiger partial charge is 0.497 e. The Morgan fingerprint density at radius 2 is 2.00 bits per heavy atom. The number of aromatic nitrogens is 3. The van der Waals surface area contributed by atoms with Crippen LogP contribution in [0.4, 0.5) is 0 Å². The minimum absolute atomic E-state index is 0.387. The molecule has 1 aromatic carbocycles. The molecule has 1 aliphatic rings. The Hall–Kier alpha value is -1.77. The lowest BCUT2D eigenvalue weighted by Crippen LogP contribution is -2.37. The second-order valence-electron chi connectivity index (χ2n) is 5.91. The van der Waals surface area contributed by atoms with Crippen LogP contribution < -0.4 is 9.47 Å². The zero-order chi connectivity index (χ0) is 18.2. The van der Waals surface area contributed by atoms with Crippen LogP contribution in [0.2, 0.25) is 0 Å². The SMILES string of the molecule is CCn1c(COc2cccc(OC)c2)nnc1SCCN1CCOCC1. The highest BCUT2D eigenvalue weighted by molar-refractivity contribution is 7.99. The number of thioether (sulfide) groups is 1. The maximum Gasteiger partial charge on any atom is 0.191 e. The predicted octanol–water partition coefficient (Wildman–Crippen LogP) is 2.31. The first-order chi connectivity index (χ1) is 12.8. The summed E-state index contributed by atoms with van der Waals surface area (Å²) in [6.07, 6.45) is 0. The molecule has 0 bridgehead atoms. The van der Waals surface area contributed by atoms with Gasteiger partial charge < -0.3 is 18.8 Å². The number of hydrogen-bond acceptors (Lipinski definition) is 7. The molecule has 0 saturated carbocycles. The third-order valence-electron chi connectivity index (χ3n) is 4.26. The van der Waals surface area contributed by atoms with Crippen molar-refractivity contribution < 1.29 is 14.2 Å². The summed E-state index contributed by atoms with van der Waals surface area (Å²) >= 11 is 1.75. The quantitative estimate of drug-likeness (QED) is 0.621. The molecule has 26 heavy (non-hydrogen) atoms. The van der Waals surface area contributed by atoms with Gasteiger partial charge in [0.1, 0.15) is 18.1 Å². The Labute approximate surface area is 158 Å². The lowest BCUT2D eigenvalue weighted by Gasteiger charge is -2.26. The normalized spacial score (nSPS) is 15.2. The average Bonchev–Trinajstić information content (AvgIpc) is 3.09. The van der Waals surface area contributed by atoms with Gasteiger partial charge >= 0.3 is 0 Å². The van der Waals surface area contributed by atoms with Crippen molar-refractivity contribution in [3.63, 3.8) is 0 Å². The van der Waals surface area contributed by atoms with Gasteiger partial charge in [0, 0.05) is 38.0 Å². The summed E-state index contributed by atoms with van der Waals surface area (Å²) in [5.41, 5.74) is 0. The van der Waals surface area contributed by atoms with Gasteiger partial charge in [-0.25, -0.2) is 0 Å². The zero-order valence-electron chi connectivity index (χ0n) is 15.4. The van der Waals surface area contributed by atoms with Gasteiger partial charge in [-0.3, -0.25) is 4.90 Å². The first-order valence-electron chi connectivity index (χ1n) is 8.92. The summed E-state index contributed by atoms with van der Waals surface area (Å²) in [6.45, 7) is 8.05. The van der Waals surface area contributed by atoms with Gasteiger partial charge in [0.15, 0.2) is 11.0 Å². The Morgan fingerprint density at radius 1 is 1.19 bits per heavy atom. The fourth-order valence-corrected chi connectivity index (χ4v) is 3.80. The highest BCUT2D eigenvalue weighted by Crippen LogP contribution is 2.21. The molecular formula is C18H26N4O3S. The Kier molecular flexibility index (Phi) is 7.16. The van der Waals surface area contributed by atoms with Crippen molar-refractivity contribution in [2.45, 2.75) is 25.2 Å². The van der Waals surface area contributed by atoms with Crippen LogP contribution in [0.1, 0.15) is 12.7 Å². The molecule has 8 heteroatoms. The van der Waals surface area contributed by atoms with E-state index in [0.29, 0.717) is 6.61 Å². The van der Waals surface area contributed by atoms with E-state index in [9.17, 15) is 0 Å². The number of rotatable bonds is 9. The predicted molar refractivity (Wildman–Crippen MR) is 101 cm³/mol. The van der Waals surface area contributed by atoms with Crippen LogP contribution in [0, 0.1) is 0 Å². The highest BCUT2D eigenvalue weighted by atomic mass is 32.2. The molecule has 0 spiro atoms.